The number of likely N-dealkylation sites (tertiary alicyclic amines) is 2. The van der Waals surface area contributed by atoms with E-state index in [2.05, 4.69) is 23.8 Å². The number of aliphatic carboxylic acids is 1. The minimum atomic E-state index is -0.587. The lowest BCUT2D eigenvalue weighted by Gasteiger charge is -2.36. The van der Waals surface area contributed by atoms with Crippen LogP contribution in [-0.2, 0) is 4.79 Å². The molecule has 2 aliphatic rings. The molecule has 2 unspecified atom stereocenters. The predicted octanol–water partition coefficient (Wildman–Crippen LogP) is 1.66. The molecule has 2 rings (SSSR count). The van der Waals surface area contributed by atoms with Gasteiger partial charge in [-0.3, -0.25) is 9.69 Å². The maximum atomic E-state index is 11.6. The SMILES string of the molecule is CCCC1(C(=O)O)CCN(C2CCCN(C)C2)C1. The van der Waals surface area contributed by atoms with Crippen molar-refractivity contribution in [3.05, 3.63) is 0 Å². The average molecular weight is 254 g/mol. The quantitative estimate of drug-likeness (QED) is 0.828. The molecule has 0 aromatic rings. The Labute approximate surface area is 110 Å². The average Bonchev–Trinajstić information content (AvgIpc) is 2.75. The van der Waals surface area contributed by atoms with Crippen LogP contribution in [0.5, 0.6) is 0 Å². The van der Waals surface area contributed by atoms with E-state index in [9.17, 15) is 9.90 Å². The summed E-state index contributed by atoms with van der Waals surface area (Å²) in [5.41, 5.74) is -0.467. The Hall–Kier alpha value is -0.610. The second-order valence-corrected chi connectivity index (χ2v) is 6.11. The van der Waals surface area contributed by atoms with E-state index in [0.29, 0.717) is 6.04 Å². The summed E-state index contributed by atoms with van der Waals surface area (Å²) in [5, 5.41) is 9.53. The zero-order valence-corrected chi connectivity index (χ0v) is 11.7. The topological polar surface area (TPSA) is 43.8 Å². The standard InChI is InChI=1S/C14H26N2O2/c1-3-6-14(13(17)18)7-9-16(11-14)12-5-4-8-15(2)10-12/h12H,3-11H2,1-2H3,(H,17,18). The van der Waals surface area contributed by atoms with E-state index in [4.69, 9.17) is 0 Å². The van der Waals surface area contributed by atoms with Crippen LogP contribution < -0.4 is 0 Å². The molecule has 4 nitrogen and oxygen atoms in total. The van der Waals surface area contributed by atoms with E-state index in [1.54, 1.807) is 0 Å². The first-order valence-electron chi connectivity index (χ1n) is 7.23. The fraction of sp³-hybridized carbons (Fsp3) is 0.929. The van der Waals surface area contributed by atoms with Gasteiger partial charge in [0.2, 0.25) is 0 Å². The summed E-state index contributed by atoms with van der Waals surface area (Å²) in [5.74, 6) is -0.587. The Balaban J connectivity index is 1.99. The molecule has 0 radical (unpaired) electrons. The number of likely N-dealkylation sites (N-methyl/N-ethyl adjacent to an activating group) is 1. The molecular weight excluding hydrogens is 228 g/mol. The van der Waals surface area contributed by atoms with Gasteiger partial charge in [-0.05, 0) is 45.8 Å². The van der Waals surface area contributed by atoms with Crippen molar-refractivity contribution in [2.45, 2.75) is 45.1 Å². The van der Waals surface area contributed by atoms with Crippen molar-refractivity contribution < 1.29 is 9.90 Å². The Morgan fingerprint density at radius 2 is 2.22 bits per heavy atom. The first kappa shape index (κ1) is 13.8. The van der Waals surface area contributed by atoms with Crippen molar-refractivity contribution >= 4 is 5.97 Å². The Kier molecular flexibility index (Phi) is 4.28. The van der Waals surface area contributed by atoms with Gasteiger partial charge >= 0.3 is 5.97 Å². The molecule has 1 N–H and O–H groups in total. The molecule has 0 aromatic carbocycles. The molecule has 2 fully saturated rings. The Morgan fingerprint density at radius 1 is 1.44 bits per heavy atom. The molecule has 0 bridgehead atoms. The molecule has 18 heavy (non-hydrogen) atoms. The van der Waals surface area contributed by atoms with Gasteiger partial charge in [-0.1, -0.05) is 13.3 Å². The molecule has 4 heteroatoms. The maximum absolute atomic E-state index is 11.6. The van der Waals surface area contributed by atoms with E-state index in [0.717, 1.165) is 38.9 Å². The first-order valence-corrected chi connectivity index (χ1v) is 7.23. The molecule has 2 heterocycles. The van der Waals surface area contributed by atoms with Crippen LogP contribution in [0.15, 0.2) is 0 Å². The zero-order valence-electron chi connectivity index (χ0n) is 11.7. The van der Waals surface area contributed by atoms with Gasteiger partial charge in [-0.2, -0.15) is 0 Å². The van der Waals surface area contributed by atoms with Crippen molar-refractivity contribution in [2.24, 2.45) is 5.41 Å². The highest BCUT2D eigenvalue weighted by molar-refractivity contribution is 5.75. The minimum absolute atomic E-state index is 0.467. The fourth-order valence-electron chi connectivity index (χ4n) is 3.62. The monoisotopic (exact) mass is 254 g/mol. The van der Waals surface area contributed by atoms with Crippen molar-refractivity contribution in [2.75, 3.05) is 33.2 Å². The number of hydrogen-bond acceptors (Lipinski definition) is 3. The van der Waals surface area contributed by atoms with Crippen LogP contribution in [0.2, 0.25) is 0 Å². The summed E-state index contributed by atoms with van der Waals surface area (Å²) in [6.45, 7) is 6.09. The van der Waals surface area contributed by atoms with Gasteiger partial charge in [0.1, 0.15) is 0 Å². The number of piperidine rings is 1. The van der Waals surface area contributed by atoms with Crippen LogP contribution in [0, 0.1) is 5.41 Å². The number of hydrogen-bond donors (Lipinski definition) is 1. The molecule has 0 saturated carbocycles. The minimum Gasteiger partial charge on any atom is -0.481 e. The molecule has 2 atom stereocenters. The van der Waals surface area contributed by atoms with Crippen LogP contribution >= 0.6 is 0 Å². The van der Waals surface area contributed by atoms with Crippen LogP contribution in [-0.4, -0.2) is 60.1 Å². The van der Waals surface area contributed by atoms with Crippen LogP contribution in [0.4, 0.5) is 0 Å². The summed E-state index contributed by atoms with van der Waals surface area (Å²) in [7, 11) is 2.17. The van der Waals surface area contributed by atoms with Gasteiger partial charge < -0.3 is 10.0 Å². The van der Waals surface area contributed by atoms with Crippen LogP contribution in [0.1, 0.15) is 39.0 Å². The smallest absolute Gasteiger partial charge is 0.310 e. The molecule has 0 aliphatic carbocycles. The summed E-state index contributed by atoms with van der Waals surface area (Å²) in [6.07, 6.45) is 5.08. The molecular formula is C14H26N2O2. The predicted molar refractivity (Wildman–Crippen MR) is 71.7 cm³/mol. The second kappa shape index (κ2) is 5.57. The van der Waals surface area contributed by atoms with E-state index in [-0.39, 0.29) is 0 Å². The summed E-state index contributed by atoms with van der Waals surface area (Å²) >= 11 is 0. The highest BCUT2D eigenvalue weighted by Gasteiger charge is 2.45. The molecule has 104 valence electrons. The summed E-state index contributed by atoms with van der Waals surface area (Å²) in [6, 6.07) is 0.571. The van der Waals surface area contributed by atoms with Crippen LogP contribution in [0.3, 0.4) is 0 Å². The van der Waals surface area contributed by atoms with Crippen molar-refractivity contribution in [3.8, 4) is 0 Å². The fourth-order valence-corrected chi connectivity index (χ4v) is 3.62. The Bertz CT molecular complexity index is 308. The highest BCUT2D eigenvalue weighted by atomic mass is 16.4. The van der Waals surface area contributed by atoms with Crippen molar-refractivity contribution in [3.63, 3.8) is 0 Å². The zero-order chi connectivity index (χ0) is 13.2. The molecule has 0 amide bonds. The number of carbonyl (C=O) groups is 1. The lowest BCUT2D eigenvalue weighted by Crippen LogP contribution is -2.47. The van der Waals surface area contributed by atoms with E-state index < -0.39 is 11.4 Å². The number of nitrogens with zero attached hydrogens (tertiary/aromatic N) is 2. The highest BCUT2D eigenvalue weighted by Crippen LogP contribution is 2.37. The third kappa shape index (κ3) is 2.69. The van der Waals surface area contributed by atoms with Crippen LogP contribution in [0.25, 0.3) is 0 Å². The molecule has 0 aromatic heterocycles. The lowest BCUT2D eigenvalue weighted by atomic mass is 9.82. The molecule has 2 saturated heterocycles. The third-order valence-corrected chi connectivity index (χ3v) is 4.68. The van der Waals surface area contributed by atoms with Gasteiger partial charge in [0, 0.05) is 19.1 Å². The van der Waals surface area contributed by atoms with Gasteiger partial charge in [0.15, 0.2) is 0 Å². The van der Waals surface area contributed by atoms with Gasteiger partial charge in [0.05, 0.1) is 5.41 Å². The second-order valence-electron chi connectivity index (χ2n) is 6.11. The van der Waals surface area contributed by atoms with Gasteiger partial charge in [0.25, 0.3) is 0 Å². The van der Waals surface area contributed by atoms with Gasteiger partial charge in [-0.15, -0.1) is 0 Å². The number of carboxylic acids is 1. The molecule has 0 spiro atoms. The Morgan fingerprint density at radius 3 is 2.83 bits per heavy atom. The number of rotatable bonds is 4. The lowest BCUT2D eigenvalue weighted by molar-refractivity contribution is -0.148. The normalized spacial score (nSPS) is 34.9. The largest absolute Gasteiger partial charge is 0.481 e. The maximum Gasteiger partial charge on any atom is 0.310 e. The van der Waals surface area contributed by atoms with Crippen molar-refractivity contribution in [1.82, 2.24) is 9.80 Å². The third-order valence-electron chi connectivity index (χ3n) is 4.68. The summed E-state index contributed by atoms with van der Waals surface area (Å²) in [4.78, 5) is 16.4. The van der Waals surface area contributed by atoms with E-state index in [1.807, 2.05) is 0 Å². The number of carboxylic acid groups (broad SMARTS) is 1. The molecule has 2 aliphatic heterocycles. The van der Waals surface area contributed by atoms with E-state index >= 15 is 0 Å². The van der Waals surface area contributed by atoms with Gasteiger partial charge in [-0.25, -0.2) is 0 Å². The van der Waals surface area contributed by atoms with E-state index in [1.165, 1.54) is 19.4 Å². The van der Waals surface area contributed by atoms with Crippen molar-refractivity contribution in [1.29, 1.82) is 0 Å². The first-order chi connectivity index (χ1) is 8.57. The summed E-state index contributed by atoms with van der Waals surface area (Å²) < 4.78 is 0.